The number of halogens is 3. The van der Waals surface area contributed by atoms with Crippen LogP contribution in [0.4, 0.5) is 8.78 Å². The molecular weight excluding hydrogens is 472 g/mol. The van der Waals surface area contributed by atoms with Crippen LogP contribution in [-0.2, 0) is 0 Å². The van der Waals surface area contributed by atoms with Gasteiger partial charge in [-0.25, -0.2) is 8.78 Å². The van der Waals surface area contributed by atoms with Crippen molar-refractivity contribution in [1.29, 1.82) is 0 Å². The zero-order chi connectivity index (χ0) is 23.5. The molecule has 182 valence electrons. The van der Waals surface area contributed by atoms with Crippen molar-refractivity contribution < 1.29 is 18.3 Å². The van der Waals surface area contributed by atoms with Crippen molar-refractivity contribution in [2.75, 3.05) is 39.3 Å². The number of nitrogens with one attached hydrogen (secondary N) is 1. The Hall–Kier alpha value is -3.13. The predicted octanol–water partition coefficient (Wildman–Crippen LogP) is 4.61. The number of allylic oxidation sites excluding steroid dienone is 1. The van der Waals surface area contributed by atoms with E-state index in [9.17, 15) is 13.6 Å². The molecule has 1 aliphatic heterocycles. The molecule has 5 nitrogen and oxygen atoms in total. The lowest BCUT2D eigenvalue weighted by molar-refractivity contribution is 0.105. The zero-order valence-corrected chi connectivity index (χ0v) is 19.9. The molecule has 1 aromatic heterocycles. The van der Waals surface area contributed by atoms with Crippen LogP contribution in [0, 0.1) is 11.6 Å². The maximum atomic E-state index is 14.1. The number of hydrogen-bond acceptors (Lipinski definition) is 5. The highest BCUT2D eigenvalue weighted by atomic mass is 35.5. The van der Waals surface area contributed by atoms with Crippen LogP contribution in [-0.4, -0.2) is 55.0 Å². The number of carbonyl (C=O) groups is 1. The molecule has 1 aliphatic carbocycles. The van der Waals surface area contributed by atoms with Crippen LogP contribution in [0.1, 0.15) is 33.5 Å². The summed E-state index contributed by atoms with van der Waals surface area (Å²) in [7, 11) is 0. The standard InChI is InChI=1S/C27H25F2N3O2.ClH/c28-20-13-19(14-21(29)15-20)25-23-5-4-22(34-12-2-9-32-10-7-30-8-11-32)16-24(23)27(33)26(25)18-3-1-6-31-17-18;/h1,3-6,13-17,30H,2,7-12H2;1H. The van der Waals surface area contributed by atoms with E-state index in [0.29, 0.717) is 45.8 Å². The van der Waals surface area contributed by atoms with Crippen molar-refractivity contribution >= 4 is 29.3 Å². The molecule has 0 unspecified atom stereocenters. The fourth-order valence-corrected chi connectivity index (χ4v) is 4.60. The highest BCUT2D eigenvalue weighted by Crippen LogP contribution is 2.43. The van der Waals surface area contributed by atoms with Crippen LogP contribution in [0.15, 0.2) is 60.9 Å². The molecule has 8 heteroatoms. The third-order valence-electron chi connectivity index (χ3n) is 6.18. The van der Waals surface area contributed by atoms with Gasteiger partial charge >= 0.3 is 0 Å². The van der Waals surface area contributed by atoms with Gasteiger partial charge in [0.15, 0.2) is 5.78 Å². The van der Waals surface area contributed by atoms with E-state index in [2.05, 4.69) is 15.2 Å². The van der Waals surface area contributed by atoms with Gasteiger partial charge in [0.1, 0.15) is 17.4 Å². The second kappa shape index (κ2) is 11.1. The summed E-state index contributed by atoms with van der Waals surface area (Å²) in [6, 6.07) is 12.1. The van der Waals surface area contributed by atoms with Crippen molar-refractivity contribution in [3.63, 3.8) is 0 Å². The molecule has 0 amide bonds. The van der Waals surface area contributed by atoms with E-state index < -0.39 is 11.6 Å². The van der Waals surface area contributed by atoms with Gasteiger partial charge in [0, 0.05) is 73.5 Å². The highest BCUT2D eigenvalue weighted by Gasteiger charge is 2.32. The molecular formula is C27H26ClF2N3O2. The number of aromatic nitrogens is 1. The summed E-state index contributed by atoms with van der Waals surface area (Å²) in [6.45, 7) is 5.61. The summed E-state index contributed by atoms with van der Waals surface area (Å²) in [6.07, 6.45) is 4.09. The molecule has 2 aliphatic rings. The number of rotatable bonds is 7. The van der Waals surface area contributed by atoms with Crippen molar-refractivity contribution in [1.82, 2.24) is 15.2 Å². The molecule has 0 radical (unpaired) electrons. The summed E-state index contributed by atoms with van der Waals surface area (Å²) in [5.41, 5.74) is 2.87. The smallest absolute Gasteiger partial charge is 0.195 e. The average molecular weight is 498 g/mol. The zero-order valence-electron chi connectivity index (χ0n) is 19.1. The van der Waals surface area contributed by atoms with Gasteiger partial charge in [-0.15, -0.1) is 12.4 Å². The van der Waals surface area contributed by atoms with Crippen molar-refractivity contribution in [2.45, 2.75) is 6.42 Å². The summed E-state index contributed by atoms with van der Waals surface area (Å²) in [5.74, 6) is -1.00. The average Bonchev–Trinajstić information content (AvgIpc) is 3.14. The Balaban J connectivity index is 0.00000289. The molecule has 1 saturated heterocycles. The first-order chi connectivity index (χ1) is 16.6. The van der Waals surface area contributed by atoms with E-state index in [1.165, 1.54) is 12.1 Å². The minimum absolute atomic E-state index is 0. The minimum Gasteiger partial charge on any atom is -0.494 e. The topological polar surface area (TPSA) is 54.5 Å². The number of ketones is 1. The largest absolute Gasteiger partial charge is 0.494 e. The lowest BCUT2D eigenvalue weighted by Gasteiger charge is -2.26. The SMILES string of the molecule is Cl.O=C1C(c2cccnc2)=C(c2cc(F)cc(F)c2)c2ccc(OCCCN3CCNCC3)cc21. The highest BCUT2D eigenvalue weighted by molar-refractivity contribution is 6.41. The van der Waals surface area contributed by atoms with Gasteiger partial charge in [-0.3, -0.25) is 9.78 Å². The maximum Gasteiger partial charge on any atom is 0.195 e. The van der Waals surface area contributed by atoms with Crippen molar-refractivity contribution in [2.24, 2.45) is 0 Å². The first kappa shape index (κ1) is 25.0. The molecule has 1 fully saturated rings. The first-order valence-electron chi connectivity index (χ1n) is 11.5. The van der Waals surface area contributed by atoms with Crippen LogP contribution in [0.25, 0.3) is 11.1 Å². The third kappa shape index (κ3) is 5.42. The number of pyridine rings is 1. The number of hydrogen-bond donors (Lipinski definition) is 1. The Bertz CT molecular complexity index is 1220. The Morgan fingerprint density at radius 1 is 0.943 bits per heavy atom. The minimum atomic E-state index is -0.696. The van der Waals surface area contributed by atoms with E-state index in [4.69, 9.17) is 4.74 Å². The number of nitrogens with zero attached hydrogens (tertiary/aromatic N) is 2. The van der Waals surface area contributed by atoms with E-state index in [1.54, 1.807) is 42.7 Å². The van der Waals surface area contributed by atoms with E-state index in [0.717, 1.165) is 45.2 Å². The van der Waals surface area contributed by atoms with Crippen LogP contribution in [0.3, 0.4) is 0 Å². The van der Waals surface area contributed by atoms with Crippen LogP contribution in [0.5, 0.6) is 5.75 Å². The second-order valence-corrected chi connectivity index (χ2v) is 8.48. The number of Topliss-reactive ketones (excluding diaryl/α,β-unsaturated/α-hetero) is 1. The van der Waals surface area contributed by atoms with Crippen LogP contribution in [0.2, 0.25) is 0 Å². The summed E-state index contributed by atoms with van der Waals surface area (Å²) < 4.78 is 34.1. The molecule has 5 rings (SSSR count). The molecule has 0 spiro atoms. The predicted molar refractivity (Wildman–Crippen MR) is 134 cm³/mol. The second-order valence-electron chi connectivity index (χ2n) is 8.48. The lowest BCUT2D eigenvalue weighted by Crippen LogP contribution is -2.43. The van der Waals surface area contributed by atoms with Gasteiger partial charge < -0.3 is 15.0 Å². The van der Waals surface area contributed by atoms with Gasteiger partial charge in [0.05, 0.1) is 6.61 Å². The number of benzene rings is 2. The van der Waals surface area contributed by atoms with Gasteiger partial charge in [-0.2, -0.15) is 0 Å². The lowest BCUT2D eigenvalue weighted by atomic mass is 9.95. The maximum absolute atomic E-state index is 14.1. The fraction of sp³-hybridized carbons (Fsp3) is 0.259. The summed E-state index contributed by atoms with van der Waals surface area (Å²) in [5, 5.41) is 3.34. The van der Waals surface area contributed by atoms with Gasteiger partial charge in [-0.05, 0) is 53.9 Å². The van der Waals surface area contributed by atoms with Crippen molar-refractivity contribution in [3.05, 3.63) is 94.8 Å². The Morgan fingerprint density at radius 3 is 2.43 bits per heavy atom. The Kier molecular flexibility index (Phi) is 7.90. The molecule has 0 saturated carbocycles. The van der Waals surface area contributed by atoms with Gasteiger partial charge in [-0.1, -0.05) is 6.07 Å². The number of piperazine rings is 1. The Labute approximate surface area is 209 Å². The molecule has 0 bridgehead atoms. The van der Waals surface area contributed by atoms with Crippen LogP contribution >= 0.6 is 12.4 Å². The quantitative estimate of drug-likeness (QED) is 0.483. The third-order valence-corrected chi connectivity index (χ3v) is 6.18. The first-order valence-corrected chi connectivity index (χ1v) is 11.5. The molecule has 0 atom stereocenters. The Morgan fingerprint density at radius 2 is 1.71 bits per heavy atom. The molecule has 35 heavy (non-hydrogen) atoms. The fourth-order valence-electron chi connectivity index (χ4n) is 4.60. The van der Waals surface area contributed by atoms with E-state index in [-0.39, 0.29) is 18.2 Å². The summed E-state index contributed by atoms with van der Waals surface area (Å²) >= 11 is 0. The molecule has 1 N–H and O–H groups in total. The van der Waals surface area contributed by atoms with Crippen LogP contribution < -0.4 is 10.1 Å². The van der Waals surface area contributed by atoms with Gasteiger partial charge in [0.25, 0.3) is 0 Å². The van der Waals surface area contributed by atoms with E-state index in [1.807, 2.05) is 0 Å². The number of fused-ring (bicyclic) bond motifs is 1. The number of ether oxygens (including phenoxy) is 1. The normalized spacial score (nSPS) is 15.7. The molecule has 2 aromatic carbocycles. The molecule has 2 heterocycles. The monoisotopic (exact) mass is 497 g/mol. The number of carbonyl (C=O) groups excluding carboxylic acids is 1. The van der Waals surface area contributed by atoms with E-state index >= 15 is 0 Å². The summed E-state index contributed by atoms with van der Waals surface area (Å²) in [4.78, 5) is 20.0. The van der Waals surface area contributed by atoms with Crippen molar-refractivity contribution in [3.8, 4) is 5.75 Å². The van der Waals surface area contributed by atoms with Gasteiger partial charge in [0.2, 0.25) is 0 Å². The molecule has 3 aromatic rings.